The van der Waals surface area contributed by atoms with E-state index in [9.17, 15) is 4.79 Å². The average Bonchev–Trinajstić information content (AvgIpc) is 3.00. The predicted molar refractivity (Wildman–Crippen MR) is 65.6 cm³/mol. The van der Waals surface area contributed by atoms with Gasteiger partial charge in [0.1, 0.15) is 0 Å². The molecule has 1 atom stereocenters. The van der Waals surface area contributed by atoms with Crippen LogP contribution >= 0.6 is 11.6 Å². The molecule has 0 radical (unpaired) electrons. The van der Waals surface area contributed by atoms with Gasteiger partial charge in [-0.2, -0.15) is 0 Å². The molecule has 4 heteroatoms. The summed E-state index contributed by atoms with van der Waals surface area (Å²) < 4.78 is 0. The molecule has 3 nitrogen and oxygen atoms in total. The first-order chi connectivity index (χ1) is 7.53. The zero-order valence-corrected chi connectivity index (χ0v) is 10.9. The van der Waals surface area contributed by atoms with Crippen LogP contribution in [-0.2, 0) is 4.79 Å². The standard InChI is InChI=1S/C12H21ClN2O/c1-12(2,8-13)11(16)14-9-5-6-15(7-9)10-3-4-10/h9-10H,3-8H2,1-2H3,(H,14,16). The van der Waals surface area contributed by atoms with Crippen molar-refractivity contribution in [1.82, 2.24) is 10.2 Å². The van der Waals surface area contributed by atoms with Gasteiger partial charge >= 0.3 is 0 Å². The Morgan fingerprint density at radius 1 is 1.44 bits per heavy atom. The summed E-state index contributed by atoms with van der Waals surface area (Å²) in [5, 5.41) is 3.12. The lowest BCUT2D eigenvalue weighted by molar-refractivity contribution is -0.128. The van der Waals surface area contributed by atoms with Crippen LogP contribution in [0, 0.1) is 5.41 Å². The fraction of sp³-hybridized carbons (Fsp3) is 0.917. The van der Waals surface area contributed by atoms with Crippen LogP contribution in [0.1, 0.15) is 33.1 Å². The number of likely N-dealkylation sites (tertiary alicyclic amines) is 1. The highest BCUT2D eigenvalue weighted by atomic mass is 35.5. The van der Waals surface area contributed by atoms with Crippen LogP contribution in [0.2, 0.25) is 0 Å². The number of hydrogen-bond donors (Lipinski definition) is 1. The van der Waals surface area contributed by atoms with E-state index in [2.05, 4.69) is 10.2 Å². The Kier molecular flexibility index (Phi) is 3.45. The van der Waals surface area contributed by atoms with Crippen molar-refractivity contribution in [2.45, 2.75) is 45.2 Å². The van der Waals surface area contributed by atoms with Crippen LogP contribution < -0.4 is 5.32 Å². The van der Waals surface area contributed by atoms with Crippen LogP contribution in [0.3, 0.4) is 0 Å². The second-order valence-corrected chi connectivity index (χ2v) is 5.97. The zero-order chi connectivity index (χ0) is 11.8. The Labute approximate surface area is 103 Å². The van der Waals surface area contributed by atoms with E-state index < -0.39 is 5.41 Å². The third kappa shape index (κ3) is 2.69. The van der Waals surface area contributed by atoms with Crippen molar-refractivity contribution in [3.8, 4) is 0 Å². The van der Waals surface area contributed by atoms with Crippen LogP contribution in [0.5, 0.6) is 0 Å². The molecule has 0 spiro atoms. The molecular weight excluding hydrogens is 224 g/mol. The van der Waals surface area contributed by atoms with Crippen molar-refractivity contribution >= 4 is 17.5 Å². The molecular formula is C12H21ClN2O. The molecule has 1 unspecified atom stereocenters. The van der Waals surface area contributed by atoms with Crippen molar-refractivity contribution in [2.24, 2.45) is 5.41 Å². The van der Waals surface area contributed by atoms with Gasteiger partial charge < -0.3 is 5.32 Å². The van der Waals surface area contributed by atoms with Crippen molar-refractivity contribution in [1.29, 1.82) is 0 Å². The molecule has 1 heterocycles. The van der Waals surface area contributed by atoms with Crippen LogP contribution in [0.4, 0.5) is 0 Å². The first kappa shape index (κ1) is 12.2. The first-order valence-corrected chi connectivity index (χ1v) is 6.67. The molecule has 92 valence electrons. The maximum Gasteiger partial charge on any atom is 0.227 e. The number of amides is 1. The maximum atomic E-state index is 11.9. The van der Waals surface area contributed by atoms with Gasteiger partial charge in [-0.1, -0.05) is 0 Å². The van der Waals surface area contributed by atoms with Crippen molar-refractivity contribution in [3.05, 3.63) is 0 Å². The molecule has 2 aliphatic rings. The third-order valence-corrected chi connectivity index (χ3v) is 4.24. The molecule has 0 bridgehead atoms. The van der Waals surface area contributed by atoms with Crippen molar-refractivity contribution in [2.75, 3.05) is 19.0 Å². The summed E-state index contributed by atoms with van der Waals surface area (Å²) >= 11 is 5.79. The topological polar surface area (TPSA) is 32.3 Å². The number of nitrogens with zero attached hydrogens (tertiary/aromatic N) is 1. The second kappa shape index (κ2) is 4.53. The molecule has 16 heavy (non-hydrogen) atoms. The Morgan fingerprint density at radius 2 is 2.12 bits per heavy atom. The summed E-state index contributed by atoms with van der Waals surface area (Å²) in [6.45, 7) is 5.94. The SMILES string of the molecule is CC(C)(CCl)C(=O)NC1CCN(C2CC2)C1. The van der Waals surface area contributed by atoms with Crippen LogP contribution in [0.25, 0.3) is 0 Å². The van der Waals surface area contributed by atoms with Gasteiger partial charge in [-0.3, -0.25) is 9.69 Å². The Hall–Kier alpha value is -0.280. The molecule has 0 aromatic rings. The smallest absolute Gasteiger partial charge is 0.227 e. The highest BCUT2D eigenvalue weighted by Crippen LogP contribution is 2.30. The number of rotatable bonds is 4. The average molecular weight is 245 g/mol. The first-order valence-electron chi connectivity index (χ1n) is 6.14. The molecule has 2 rings (SSSR count). The predicted octanol–water partition coefficient (Wildman–Crippen LogP) is 1.60. The summed E-state index contributed by atoms with van der Waals surface area (Å²) in [5.74, 6) is 0.461. The summed E-state index contributed by atoms with van der Waals surface area (Å²) in [5.41, 5.74) is -0.450. The molecule has 1 amide bonds. The highest BCUT2D eigenvalue weighted by Gasteiger charge is 2.36. The quantitative estimate of drug-likeness (QED) is 0.762. The Bertz CT molecular complexity index is 276. The second-order valence-electron chi connectivity index (χ2n) is 5.70. The third-order valence-electron chi connectivity index (χ3n) is 3.57. The summed E-state index contributed by atoms with van der Waals surface area (Å²) in [7, 11) is 0. The van der Waals surface area contributed by atoms with Crippen molar-refractivity contribution < 1.29 is 4.79 Å². The lowest BCUT2D eigenvalue weighted by atomic mass is 9.95. The fourth-order valence-corrected chi connectivity index (χ4v) is 2.24. The normalized spacial score (nSPS) is 27.1. The minimum Gasteiger partial charge on any atom is -0.352 e. The molecule has 1 aliphatic heterocycles. The van der Waals surface area contributed by atoms with Gasteiger partial charge in [0.15, 0.2) is 0 Å². The van der Waals surface area contributed by atoms with Crippen molar-refractivity contribution in [3.63, 3.8) is 0 Å². The van der Waals surface area contributed by atoms with E-state index >= 15 is 0 Å². The van der Waals surface area contributed by atoms with E-state index in [1.807, 2.05) is 13.8 Å². The number of carbonyl (C=O) groups excluding carboxylic acids is 1. The van der Waals surface area contributed by atoms with Gasteiger partial charge in [-0.05, 0) is 33.1 Å². The Balaban J connectivity index is 1.80. The number of alkyl halides is 1. The maximum absolute atomic E-state index is 11.9. The minimum atomic E-state index is -0.450. The van der Waals surface area contributed by atoms with Crippen LogP contribution in [0.15, 0.2) is 0 Å². The largest absolute Gasteiger partial charge is 0.352 e. The van der Waals surface area contributed by atoms with Gasteiger partial charge in [0.2, 0.25) is 5.91 Å². The lowest BCUT2D eigenvalue weighted by Gasteiger charge is -2.23. The van der Waals surface area contributed by atoms with E-state index in [0.29, 0.717) is 11.9 Å². The summed E-state index contributed by atoms with van der Waals surface area (Å²) in [4.78, 5) is 14.4. The number of carbonyl (C=O) groups is 1. The molecule has 2 fully saturated rings. The van der Waals surface area contributed by atoms with E-state index in [4.69, 9.17) is 11.6 Å². The molecule has 0 aromatic carbocycles. The molecule has 1 saturated carbocycles. The summed E-state index contributed by atoms with van der Waals surface area (Å²) in [6.07, 6.45) is 3.77. The lowest BCUT2D eigenvalue weighted by Crippen LogP contribution is -2.45. The number of halogens is 1. The molecule has 0 aromatic heterocycles. The van der Waals surface area contributed by atoms with Gasteiger partial charge in [-0.15, -0.1) is 11.6 Å². The fourth-order valence-electron chi connectivity index (χ4n) is 2.12. The van der Waals surface area contributed by atoms with Gasteiger partial charge in [0, 0.05) is 31.1 Å². The number of hydrogen-bond acceptors (Lipinski definition) is 2. The molecule has 1 N–H and O–H groups in total. The van der Waals surface area contributed by atoms with E-state index in [1.165, 1.54) is 12.8 Å². The minimum absolute atomic E-state index is 0.0881. The highest BCUT2D eigenvalue weighted by molar-refractivity contribution is 6.19. The molecule has 1 aliphatic carbocycles. The number of nitrogens with one attached hydrogen (secondary N) is 1. The van der Waals surface area contributed by atoms with Gasteiger partial charge in [-0.25, -0.2) is 0 Å². The van der Waals surface area contributed by atoms with Gasteiger partial charge in [0.25, 0.3) is 0 Å². The van der Waals surface area contributed by atoms with E-state index in [-0.39, 0.29) is 5.91 Å². The zero-order valence-electron chi connectivity index (χ0n) is 10.1. The molecule has 1 saturated heterocycles. The van der Waals surface area contributed by atoms with E-state index in [1.54, 1.807) is 0 Å². The summed E-state index contributed by atoms with van der Waals surface area (Å²) in [6, 6.07) is 1.14. The van der Waals surface area contributed by atoms with E-state index in [0.717, 1.165) is 25.6 Å². The van der Waals surface area contributed by atoms with Crippen LogP contribution in [-0.4, -0.2) is 41.9 Å². The Morgan fingerprint density at radius 3 is 2.69 bits per heavy atom. The van der Waals surface area contributed by atoms with Gasteiger partial charge in [0.05, 0.1) is 5.41 Å². The monoisotopic (exact) mass is 244 g/mol.